The van der Waals surface area contributed by atoms with Crippen LogP contribution in [-0.2, 0) is 6.42 Å². The van der Waals surface area contributed by atoms with Gasteiger partial charge in [-0.25, -0.2) is 4.98 Å². The Balaban J connectivity index is 1.45. The van der Waals surface area contributed by atoms with Gasteiger partial charge in [-0.1, -0.05) is 29.8 Å². The third-order valence-corrected chi connectivity index (χ3v) is 4.95. The van der Waals surface area contributed by atoms with Crippen LogP contribution in [0, 0.1) is 6.92 Å². The number of carbonyl (C=O) groups is 1. The van der Waals surface area contributed by atoms with Gasteiger partial charge in [-0.3, -0.25) is 4.79 Å². The van der Waals surface area contributed by atoms with E-state index in [2.05, 4.69) is 21.4 Å². The summed E-state index contributed by atoms with van der Waals surface area (Å²) in [5.74, 6) is 0.656. The number of nitrogens with zero attached hydrogens (tertiary/aromatic N) is 1. The van der Waals surface area contributed by atoms with E-state index in [1.165, 1.54) is 10.9 Å². The Bertz CT molecular complexity index is 1170. The highest BCUT2D eigenvalue weighted by Gasteiger charge is 2.15. The summed E-state index contributed by atoms with van der Waals surface area (Å²) >= 11 is 6.00. The van der Waals surface area contributed by atoms with Gasteiger partial charge in [0.25, 0.3) is 5.91 Å². The Hall–Kier alpha value is -3.31. The number of carbonyl (C=O) groups excluding carboxylic acids is 1. The van der Waals surface area contributed by atoms with E-state index >= 15 is 0 Å². The number of halogens is 1. The summed E-state index contributed by atoms with van der Waals surface area (Å²) in [7, 11) is 0. The Kier molecular flexibility index (Phi) is 5.49. The zero-order valence-electron chi connectivity index (χ0n) is 15.9. The van der Waals surface area contributed by atoms with Crippen molar-refractivity contribution >= 4 is 28.4 Å². The summed E-state index contributed by atoms with van der Waals surface area (Å²) in [6.07, 6.45) is 4.31. The molecule has 2 aromatic heterocycles. The van der Waals surface area contributed by atoms with Gasteiger partial charge in [0.2, 0.25) is 5.88 Å². The number of rotatable bonds is 6. The summed E-state index contributed by atoms with van der Waals surface area (Å²) in [6.45, 7) is 2.40. The van der Waals surface area contributed by atoms with E-state index in [-0.39, 0.29) is 11.8 Å². The molecule has 0 saturated heterocycles. The highest BCUT2D eigenvalue weighted by atomic mass is 35.5. The average molecular weight is 406 g/mol. The molecule has 0 aliphatic heterocycles. The van der Waals surface area contributed by atoms with Gasteiger partial charge in [0.05, 0.1) is 0 Å². The second-order valence-electron chi connectivity index (χ2n) is 6.73. The average Bonchev–Trinajstić information content (AvgIpc) is 3.14. The second-order valence-corrected chi connectivity index (χ2v) is 7.17. The Labute approximate surface area is 173 Å². The molecule has 0 saturated carbocycles. The number of para-hydroxylation sites is 1. The van der Waals surface area contributed by atoms with Crippen molar-refractivity contribution in [2.75, 3.05) is 6.54 Å². The standard InChI is InChI=1S/C23H20ClN3O2/c1-15-13-17(24)8-9-21(15)29-23-19(6-4-11-26-23)22(28)25-12-10-16-14-27-20-7-3-2-5-18(16)20/h2-9,11,13-14,27H,10,12H2,1H3,(H,25,28). The van der Waals surface area contributed by atoms with E-state index in [1.807, 2.05) is 31.3 Å². The Morgan fingerprint density at radius 2 is 2.03 bits per heavy atom. The van der Waals surface area contributed by atoms with Crippen LogP contribution < -0.4 is 10.1 Å². The first kappa shape index (κ1) is 19.0. The zero-order valence-corrected chi connectivity index (χ0v) is 16.7. The molecule has 4 rings (SSSR count). The highest BCUT2D eigenvalue weighted by Crippen LogP contribution is 2.28. The number of benzene rings is 2. The van der Waals surface area contributed by atoms with Gasteiger partial charge >= 0.3 is 0 Å². The smallest absolute Gasteiger partial charge is 0.256 e. The minimum Gasteiger partial charge on any atom is -0.438 e. The summed E-state index contributed by atoms with van der Waals surface area (Å²) in [5, 5.41) is 4.76. The molecule has 2 aromatic carbocycles. The topological polar surface area (TPSA) is 67.0 Å². The van der Waals surface area contributed by atoms with Crippen molar-refractivity contribution in [2.45, 2.75) is 13.3 Å². The molecule has 0 aliphatic rings. The molecule has 5 nitrogen and oxygen atoms in total. The second kappa shape index (κ2) is 8.37. The number of fused-ring (bicyclic) bond motifs is 1. The molecule has 0 atom stereocenters. The van der Waals surface area contributed by atoms with E-state index in [9.17, 15) is 4.79 Å². The summed E-state index contributed by atoms with van der Waals surface area (Å²) in [4.78, 5) is 20.2. The lowest BCUT2D eigenvalue weighted by atomic mass is 10.1. The molecule has 2 N–H and O–H groups in total. The molecule has 6 heteroatoms. The first-order valence-corrected chi connectivity index (χ1v) is 9.72. The number of ether oxygens (including phenoxy) is 1. The fourth-order valence-corrected chi connectivity index (χ4v) is 3.45. The molecule has 1 amide bonds. The summed E-state index contributed by atoms with van der Waals surface area (Å²) < 4.78 is 5.89. The predicted octanol–water partition coefficient (Wildman–Crippen LogP) is 5.29. The lowest BCUT2D eigenvalue weighted by molar-refractivity contribution is 0.0951. The largest absolute Gasteiger partial charge is 0.438 e. The summed E-state index contributed by atoms with van der Waals surface area (Å²) in [6, 6.07) is 16.9. The van der Waals surface area contributed by atoms with Crippen molar-refractivity contribution in [3.63, 3.8) is 0 Å². The van der Waals surface area contributed by atoms with Crippen molar-refractivity contribution in [1.29, 1.82) is 0 Å². The lowest BCUT2D eigenvalue weighted by Gasteiger charge is -2.12. The molecule has 4 aromatic rings. The molecule has 0 unspecified atom stereocenters. The first-order valence-electron chi connectivity index (χ1n) is 9.34. The van der Waals surface area contributed by atoms with E-state index in [0.29, 0.717) is 22.9 Å². The molecule has 0 aliphatic carbocycles. The molecule has 2 heterocycles. The van der Waals surface area contributed by atoms with E-state index in [1.54, 1.807) is 36.5 Å². The number of aromatic amines is 1. The van der Waals surface area contributed by atoms with Crippen molar-refractivity contribution < 1.29 is 9.53 Å². The van der Waals surface area contributed by atoms with Gasteiger partial charge in [-0.2, -0.15) is 0 Å². The van der Waals surface area contributed by atoms with Gasteiger partial charge in [-0.15, -0.1) is 0 Å². The van der Waals surface area contributed by atoms with Crippen LogP contribution in [0.3, 0.4) is 0 Å². The Morgan fingerprint density at radius 1 is 1.17 bits per heavy atom. The minimum atomic E-state index is -0.223. The number of aromatic nitrogens is 2. The first-order chi connectivity index (χ1) is 14.1. The number of hydrogen-bond donors (Lipinski definition) is 2. The maximum Gasteiger partial charge on any atom is 0.256 e. The monoisotopic (exact) mass is 405 g/mol. The van der Waals surface area contributed by atoms with Gasteiger partial charge in [0.15, 0.2) is 0 Å². The molecule has 0 spiro atoms. The van der Waals surface area contributed by atoms with Gasteiger partial charge in [0, 0.05) is 34.9 Å². The molecule has 0 bridgehead atoms. The minimum absolute atomic E-state index is 0.223. The number of pyridine rings is 1. The van der Waals surface area contributed by atoms with Gasteiger partial charge in [0.1, 0.15) is 11.3 Å². The van der Waals surface area contributed by atoms with Crippen LogP contribution in [0.1, 0.15) is 21.5 Å². The van der Waals surface area contributed by atoms with Crippen LogP contribution in [0.25, 0.3) is 10.9 Å². The van der Waals surface area contributed by atoms with Crippen LogP contribution in [0.5, 0.6) is 11.6 Å². The Morgan fingerprint density at radius 3 is 2.90 bits per heavy atom. The fraction of sp³-hybridized carbons (Fsp3) is 0.130. The lowest BCUT2D eigenvalue weighted by Crippen LogP contribution is -2.26. The maximum absolute atomic E-state index is 12.7. The molecular weight excluding hydrogens is 386 g/mol. The predicted molar refractivity (Wildman–Crippen MR) is 115 cm³/mol. The van der Waals surface area contributed by atoms with Crippen molar-refractivity contribution in [3.05, 3.63) is 88.7 Å². The van der Waals surface area contributed by atoms with E-state index in [4.69, 9.17) is 16.3 Å². The SMILES string of the molecule is Cc1cc(Cl)ccc1Oc1ncccc1C(=O)NCCc1c[nH]c2ccccc12. The molecule has 146 valence electrons. The van der Waals surface area contributed by atoms with Crippen LogP contribution in [0.2, 0.25) is 5.02 Å². The van der Waals surface area contributed by atoms with Gasteiger partial charge in [-0.05, 0) is 60.9 Å². The highest BCUT2D eigenvalue weighted by molar-refractivity contribution is 6.30. The summed E-state index contributed by atoms with van der Waals surface area (Å²) in [5.41, 5.74) is 3.52. The maximum atomic E-state index is 12.7. The fourth-order valence-electron chi connectivity index (χ4n) is 3.22. The van der Waals surface area contributed by atoms with Crippen LogP contribution in [0.4, 0.5) is 0 Å². The van der Waals surface area contributed by atoms with E-state index in [0.717, 1.165) is 17.5 Å². The molecule has 0 radical (unpaired) electrons. The number of aryl methyl sites for hydroxylation is 1. The normalized spacial score (nSPS) is 10.8. The zero-order chi connectivity index (χ0) is 20.2. The molecule has 29 heavy (non-hydrogen) atoms. The van der Waals surface area contributed by atoms with Crippen LogP contribution in [-0.4, -0.2) is 22.4 Å². The van der Waals surface area contributed by atoms with Crippen molar-refractivity contribution in [1.82, 2.24) is 15.3 Å². The number of nitrogens with one attached hydrogen (secondary N) is 2. The number of amides is 1. The number of H-pyrrole nitrogens is 1. The number of hydrogen-bond acceptors (Lipinski definition) is 3. The van der Waals surface area contributed by atoms with Crippen LogP contribution in [0.15, 0.2) is 67.0 Å². The van der Waals surface area contributed by atoms with Crippen molar-refractivity contribution in [3.8, 4) is 11.6 Å². The quantitative estimate of drug-likeness (QED) is 0.458. The third kappa shape index (κ3) is 4.25. The molecular formula is C23H20ClN3O2. The van der Waals surface area contributed by atoms with Crippen molar-refractivity contribution in [2.24, 2.45) is 0 Å². The van der Waals surface area contributed by atoms with E-state index < -0.39 is 0 Å². The van der Waals surface area contributed by atoms with Gasteiger partial charge < -0.3 is 15.0 Å². The van der Waals surface area contributed by atoms with Crippen LogP contribution >= 0.6 is 11.6 Å². The molecule has 0 fully saturated rings. The third-order valence-electron chi connectivity index (χ3n) is 4.71.